The van der Waals surface area contributed by atoms with Crippen LogP contribution in [0.2, 0.25) is 0 Å². The first-order valence-corrected chi connectivity index (χ1v) is 7.67. The Balaban J connectivity index is 1.88. The molecular weight excluding hydrogens is 220 g/mol. The van der Waals surface area contributed by atoms with Crippen molar-refractivity contribution in [3.8, 4) is 0 Å². The molecule has 1 saturated heterocycles. The van der Waals surface area contributed by atoms with Crippen LogP contribution in [-0.2, 0) is 0 Å². The first kappa shape index (κ1) is 14.3. The van der Waals surface area contributed by atoms with Gasteiger partial charge in [-0.3, -0.25) is 0 Å². The Kier molecular flexibility index (Phi) is 3.57. The molecule has 2 heteroatoms. The molecule has 2 aliphatic rings. The molecular formula is C16H33N2+. The van der Waals surface area contributed by atoms with E-state index in [1.54, 1.807) is 0 Å². The van der Waals surface area contributed by atoms with Gasteiger partial charge < -0.3 is 9.38 Å². The van der Waals surface area contributed by atoms with Crippen LogP contribution < -0.4 is 0 Å². The molecule has 106 valence electrons. The van der Waals surface area contributed by atoms with Crippen molar-refractivity contribution >= 4 is 0 Å². The highest BCUT2D eigenvalue weighted by atomic mass is 15.3. The molecule has 1 aliphatic heterocycles. The number of piperidine rings is 1. The van der Waals surface area contributed by atoms with E-state index in [4.69, 9.17) is 0 Å². The Bertz CT molecular complexity index is 303. The normalized spacial score (nSPS) is 36.0. The van der Waals surface area contributed by atoms with Crippen LogP contribution in [0.25, 0.3) is 0 Å². The lowest BCUT2D eigenvalue weighted by atomic mass is 9.63. The fourth-order valence-corrected chi connectivity index (χ4v) is 4.08. The lowest BCUT2D eigenvalue weighted by molar-refractivity contribution is -0.870. The van der Waals surface area contributed by atoms with Crippen LogP contribution in [0.15, 0.2) is 0 Å². The minimum absolute atomic E-state index is 0.559. The summed E-state index contributed by atoms with van der Waals surface area (Å²) in [7, 11) is 6.89. The summed E-state index contributed by atoms with van der Waals surface area (Å²) in [6, 6.07) is 0. The standard InChI is InChI=1S/C16H33N2/c1-15(2)14-8-9-16(15,3)13-17(12-14)10-7-11-18(4,5)6/h14H,7-13H2,1-6H3/q+1/t14-,16+/m0/s1. The van der Waals surface area contributed by atoms with Gasteiger partial charge in [0.2, 0.25) is 0 Å². The zero-order valence-corrected chi connectivity index (χ0v) is 13.4. The quantitative estimate of drug-likeness (QED) is 0.696. The zero-order valence-electron chi connectivity index (χ0n) is 13.4. The number of hydrogen-bond acceptors (Lipinski definition) is 1. The van der Waals surface area contributed by atoms with Crippen molar-refractivity contribution in [2.24, 2.45) is 16.7 Å². The highest BCUT2D eigenvalue weighted by molar-refractivity contribution is 5.05. The van der Waals surface area contributed by atoms with Crippen molar-refractivity contribution < 1.29 is 4.48 Å². The van der Waals surface area contributed by atoms with Gasteiger partial charge in [-0.05, 0) is 29.6 Å². The van der Waals surface area contributed by atoms with Crippen molar-refractivity contribution in [2.75, 3.05) is 47.3 Å². The van der Waals surface area contributed by atoms with Crippen molar-refractivity contribution in [3.63, 3.8) is 0 Å². The maximum Gasteiger partial charge on any atom is 0.0792 e. The van der Waals surface area contributed by atoms with Crippen molar-refractivity contribution in [3.05, 3.63) is 0 Å². The minimum atomic E-state index is 0.559. The fourth-order valence-electron chi connectivity index (χ4n) is 4.08. The largest absolute Gasteiger partial charge is 0.331 e. The molecule has 0 N–H and O–H groups in total. The Morgan fingerprint density at radius 3 is 2.39 bits per heavy atom. The van der Waals surface area contributed by atoms with E-state index in [1.807, 2.05) is 0 Å². The van der Waals surface area contributed by atoms with Crippen LogP contribution in [0.4, 0.5) is 0 Å². The van der Waals surface area contributed by atoms with Crippen molar-refractivity contribution in [2.45, 2.75) is 40.0 Å². The third-order valence-electron chi connectivity index (χ3n) is 5.98. The van der Waals surface area contributed by atoms with Gasteiger partial charge in [0.25, 0.3) is 0 Å². The molecule has 0 aromatic rings. The minimum Gasteiger partial charge on any atom is -0.331 e. The topological polar surface area (TPSA) is 3.24 Å². The Morgan fingerprint density at radius 1 is 1.17 bits per heavy atom. The van der Waals surface area contributed by atoms with Crippen LogP contribution in [0.3, 0.4) is 0 Å². The third-order valence-corrected chi connectivity index (χ3v) is 5.98. The Hall–Kier alpha value is -0.0800. The monoisotopic (exact) mass is 253 g/mol. The molecule has 0 unspecified atom stereocenters. The lowest BCUT2D eigenvalue weighted by Gasteiger charge is -2.50. The molecule has 1 aliphatic carbocycles. The number of likely N-dealkylation sites (tertiary alicyclic amines) is 1. The van der Waals surface area contributed by atoms with Gasteiger partial charge in [0.1, 0.15) is 0 Å². The first-order chi connectivity index (χ1) is 8.14. The molecule has 18 heavy (non-hydrogen) atoms. The molecule has 1 heterocycles. The van der Waals surface area contributed by atoms with Gasteiger partial charge in [-0.25, -0.2) is 0 Å². The number of quaternary nitrogens is 1. The summed E-state index contributed by atoms with van der Waals surface area (Å²) in [6.45, 7) is 12.8. The van der Waals surface area contributed by atoms with Gasteiger partial charge in [0, 0.05) is 26.1 Å². The molecule has 0 spiro atoms. The van der Waals surface area contributed by atoms with E-state index in [0.717, 1.165) is 10.4 Å². The molecule has 0 aromatic carbocycles. The second-order valence-corrected chi connectivity index (χ2v) is 8.62. The van der Waals surface area contributed by atoms with E-state index in [1.165, 1.54) is 45.4 Å². The van der Waals surface area contributed by atoms with E-state index in [2.05, 4.69) is 46.8 Å². The molecule has 2 atom stereocenters. The number of rotatable bonds is 4. The SMILES string of the molecule is CC1(C)[C@H]2CC[C@]1(C)CN(CCC[N+](C)(C)C)C2. The van der Waals surface area contributed by atoms with Gasteiger partial charge in [-0.1, -0.05) is 20.8 Å². The smallest absolute Gasteiger partial charge is 0.0792 e. The molecule has 1 saturated carbocycles. The van der Waals surface area contributed by atoms with E-state index < -0.39 is 0 Å². The summed E-state index contributed by atoms with van der Waals surface area (Å²) in [5.74, 6) is 0.931. The van der Waals surface area contributed by atoms with E-state index in [0.29, 0.717) is 10.8 Å². The summed E-state index contributed by atoms with van der Waals surface area (Å²) in [5, 5.41) is 0. The summed E-state index contributed by atoms with van der Waals surface area (Å²) >= 11 is 0. The van der Waals surface area contributed by atoms with Gasteiger partial charge >= 0.3 is 0 Å². The highest BCUT2D eigenvalue weighted by Gasteiger charge is 2.55. The lowest BCUT2D eigenvalue weighted by Crippen LogP contribution is -2.52. The third kappa shape index (κ3) is 2.60. The highest BCUT2D eigenvalue weighted by Crippen LogP contribution is 2.58. The van der Waals surface area contributed by atoms with Gasteiger partial charge in [-0.2, -0.15) is 0 Å². The summed E-state index contributed by atoms with van der Waals surface area (Å²) < 4.78 is 1.10. The van der Waals surface area contributed by atoms with Crippen molar-refractivity contribution in [1.82, 2.24) is 4.90 Å². The van der Waals surface area contributed by atoms with Crippen LogP contribution >= 0.6 is 0 Å². The average molecular weight is 253 g/mol. The van der Waals surface area contributed by atoms with Crippen LogP contribution in [0.1, 0.15) is 40.0 Å². The number of hydrogen-bond donors (Lipinski definition) is 0. The molecule has 0 amide bonds. The van der Waals surface area contributed by atoms with E-state index in [-0.39, 0.29) is 0 Å². The average Bonchev–Trinajstić information content (AvgIpc) is 2.36. The van der Waals surface area contributed by atoms with E-state index in [9.17, 15) is 0 Å². The predicted molar refractivity (Wildman–Crippen MR) is 78.6 cm³/mol. The predicted octanol–water partition coefficient (Wildman–Crippen LogP) is 2.84. The van der Waals surface area contributed by atoms with Gasteiger partial charge in [0.15, 0.2) is 0 Å². The number of nitrogens with zero attached hydrogens (tertiary/aromatic N) is 2. The summed E-state index contributed by atoms with van der Waals surface area (Å²) in [5.41, 5.74) is 1.12. The second kappa shape index (κ2) is 4.49. The fraction of sp³-hybridized carbons (Fsp3) is 1.00. The Morgan fingerprint density at radius 2 is 1.83 bits per heavy atom. The van der Waals surface area contributed by atoms with Crippen LogP contribution in [0.5, 0.6) is 0 Å². The van der Waals surface area contributed by atoms with Gasteiger partial charge in [0.05, 0.1) is 27.7 Å². The van der Waals surface area contributed by atoms with Crippen molar-refractivity contribution in [1.29, 1.82) is 0 Å². The number of fused-ring (bicyclic) bond motifs is 2. The molecule has 2 rings (SSSR count). The molecule has 2 bridgehead atoms. The van der Waals surface area contributed by atoms with Crippen LogP contribution in [0, 0.1) is 16.7 Å². The maximum absolute atomic E-state index is 2.75. The Labute approximate surface area is 114 Å². The summed E-state index contributed by atoms with van der Waals surface area (Å²) in [6.07, 6.45) is 4.23. The van der Waals surface area contributed by atoms with Gasteiger partial charge in [-0.15, -0.1) is 0 Å². The molecule has 0 radical (unpaired) electrons. The zero-order chi connectivity index (χ0) is 13.6. The molecule has 2 fully saturated rings. The maximum atomic E-state index is 2.75. The molecule has 0 aromatic heterocycles. The van der Waals surface area contributed by atoms with Crippen LogP contribution in [-0.4, -0.2) is 56.7 Å². The van der Waals surface area contributed by atoms with E-state index >= 15 is 0 Å². The molecule has 2 nitrogen and oxygen atoms in total. The first-order valence-electron chi connectivity index (χ1n) is 7.67. The summed E-state index contributed by atoms with van der Waals surface area (Å²) in [4.78, 5) is 2.75. The second-order valence-electron chi connectivity index (χ2n) is 8.62.